The van der Waals surface area contributed by atoms with Crippen LogP contribution in [-0.4, -0.2) is 20.9 Å². The number of nitrogens with one attached hydrogen (secondary N) is 2. The zero-order chi connectivity index (χ0) is 14.9. The molecule has 0 saturated heterocycles. The van der Waals surface area contributed by atoms with Crippen molar-refractivity contribution in [2.75, 3.05) is 10.7 Å². The summed E-state index contributed by atoms with van der Waals surface area (Å²) in [5.74, 6) is 6.75. The molecule has 2 rings (SSSR count). The summed E-state index contributed by atoms with van der Waals surface area (Å²) >= 11 is 0. The number of anilines is 2. The molecular weight excluding hydrogens is 260 g/mol. The van der Waals surface area contributed by atoms with Crippen LogP contribution < -0.4 is 16.6 Å². The van der Waals surface area contributed by atoms with Gasteiger partial charge in [-0.15, -0.1) is 0 Å². The fourth-order valence-electron chi connectivity index (χ4n) is 2.69. The van der Waals surface area contributed by atoms with Crippen LogP contribution in [0.4, 0.5) is 17.5 Å². The van der Waals surface area contributed by atoms with Gasteiger partial charge in [-0.05, 0) is 31.6 Å². The maximum Gasteiger partial charge on any atom is 0.332 e. The van der Waals surface area contributed by atoms with E-state index in [4.69, 9.17) is 5.84 Å². The van der Waals surface area contributed by atoms with Gasteiger partial charge in [0.15, 0.2) is 0 Å². The van der Waals surface area contributed by atoms with Crippen LogP contribution in [0.15, 0.2) is 0 Å². The maximum atomic E-state index is 11.2. The van der Waals surface area contributed by atoms with Crippen LogP contribution in [-0.2, 0) is 0 Å². The summed E-state index contributed by atoms with van der Waals surface area (Å²) in [6, 6.07) is 0.184. The Morgan fingerprint density at radius 1 is 1.35 bits per heavy atom. The molecule has 3 unspecified atom stereocenters. The average Bonchev–Trinajstić information content (AvgIpc) is 2.69. The Labute approximate surface area is 117 Å². The van der Waals surface area contributed by atoms with Crippen molar-refractivity contribution in [1.82, 2.24) is 9.97 Å². The number of aromatic nitrogens is 2. The normalized spacial score (nSPS) is 25.5. The van der Waals surface area contributed by atoms with Crippen molar-refractivity contribution in [3.63, 3.8) is 0 Å². The highest BCUT2D eigenvalue weighted by atomic mass is 16.6. The second kappa shape index (κ2) is 5.58. The molecular formula is C12H20N6O2. The first-order chi connectivity index (χ1) is 9.43. The Balaban J connectivity index is 2.34. The van der Waals surface area contributed by atoms with E-state index in [1.165, 1.54) is 0 Å². The first-order valence-corrected chi connectivity index (χ1v) is 6.70. The predicted molar refractivity (Wildman–Crippen MR) is 76.2 cm³/mol. The molecule has 0 bridgehead atoms. The number of hydrazine groups is 1. The first-order valence-electron chi connectivity index (χ1n) is 6.70. The van der Waals surface area contributed by atoms with Crippen molar-refractivity contribution in [3.8, 4) is 0 Å². The molecule has 1 aliphatic carbocycles. The molecule has 8 nitrogen and oxygen atoms in total. The third kappa shape index (κ3) is 2.64. The van der Waals surface area contributed by atoms with E-state index in [-0.39, 0.29) is 23.5 Å². The van der Waals surface area contributed by atoms with E-state index in [2.05, 4.69) is 34.6 Å². The Hall–Kier alpha value is -1.96. The summed E-state index contributed by atoms with van der Waals surface area (Å²) < 4.78 is 0. The van der Waals surface area contributed by atoms with Gasteiger partial charge in [-0.1, -0.05) is 13.8 Å². The molecule has 110 valence electrons. The lowest BCUT2D eigenvalue weighted by atomic mass is 9.98. The van der Waals surface area contributed by atoms with Gasteiger partial charge in [-0.3, -0.25) is 15.5 Å². The van der Waals surface area contributed by atoms with Gasteiger partial charge in [-0.2, -0.15) is 4.98 Å². The number of nitrogens with zero attached hydrogens (tertiary/aromatic N) is 3. The van der Waals surface area contributed by atoms with Gasteiger partial charge in [0.05, 0.1) is 4.92 Å². The summed E-state index contributed by atoms with van der Waals surface area (Å²) in [6.07, 6.45) is 2.09. The highest BCUT2D eigenvalue weighted by molar-refractivity contribution is 5.61. The molecule has 0 amide bonds. The van der Waals surface area contributed by atoms with Crippen molar-refractivity contribution in [2.24, 2.45) is 17.7 Å². The van der Waals surface area contributed by atoms with Gasteiger partial charge < -0.3 is 5.32 Å². The van der Waals surface area contributed by atoms with E-state index < -0.39 is 4.92 Å². The van der Waals surface area contributed by atoms with E-state index in [1.54, 1.807) is 6.92 Å². The molecule has 4 N–H and O–H groups in total. The molecule has 0 aromatic carbocycles. The van der Waals surface area contributed by atoms with Gasteiger partial charge in [0.25, 0.3) is 0 Å². The van der Waals surface area contributed by atoms with Crippen molar-refractivity contribution < 1.29 is 4.92 Å². The Morgan fingerprint density at radius 3 is 2.55 bits per heavy atom. The van der Waals surface area contributed by atoms with E-state index in [9.17, 15) is 10.1 Å². The topological polar surface area (TPSA) is 119 Å². The van der Waals surface area contributed by atoms with Gasteiger partial charge in [0.1, 0.15) is 5.69 Å². The third-order valence-corrected chi connectivity index (χ3v) is 4.16. The average molecular weight is 280 g/mol. The quantitative estimate of drug-likeness (QED) is 0.437. The number of rotatable bonds is 4. The Kier molecular flexibility index (Phi) is 4.03. The monoisotopic (exact) mass is 280 g/mol. The first kappa shape index (κ1) is 14.4. The summed E-state index contributed by atoms with van der Waals surface area (Å²) in [5.41, 5.74) is 2.54. The SMILES string of the molecule is Cc1nc(NN)nc(NC2CCC(C)C2C)c1[N+](=O)[O-]. The molecule has 0 radical (unpaired) electrons. The van der Waals surface area contributed by atoms with Crippen LogP contribution in [0, 0.1) is 28.9 Å². The number of nitrogens with two attached hydrogens (primary N) is 1. The van der Waals surface area contributed by atoms with E-state index >= 15 is 0 Å². The molecule has 1 heterocycles. The van der Waals surface area contributed by atoms with Crippen LogP contribution in [0.2, 0.25) is 0 Å². The molecule has 20 heavy (non-hydrogen) atoms. The smallest absolute Gasteiger partial charge is 0.332 e. The lowest BCUT2D eigenvalue weighted by Crippen LogP contribution is -2.26. The molecule has 8 heteroatoms. The minimum Gasteiger partial charge on any atom is -0.361 e. The predicted octanol–water partition coefficient (Wildman–Crippen LogP) is 1.83. The summed E-state index contributed by atoms with van der Waals surface area (Å²) in [7, 11) is 0. The second-order valence-electron chi connectivity index (χ2n) is 5.40. The van der Waals surface area contributed by atoms with Crippen LogP contribution in [0.25, 0.3) is 0 Å². The van der Waals surface area contributed by atoms with E-state index in [1.807, 2.05) is 0 Å². The highest BCUT2D eigenvalue weighted by Crippen LogP contribution is 2.35. The fraction of sp³-hybridized carbons (Fsp3) is 0.667. The molecule has 1 aromatic heterocycles. The molecule has 3 atom stereocenters. The minimum absolute atomic E-state index is 0.0873. The summed E-state index contributed by atoms with van der Waals surface area (Å²) in [4.78, 5) is 18.8. The number of aryl methyl sites for hydroxylation is 1. The Morgan fingerprint density at radius 2 is 2.05 bits per heavy atom. The minimum atomic E-state index is -0.457. The molecule has 1 aromatic rings. The van der Waals surface area contributed by atoms with Crippen molar-refractivity contribution in [2.45, 2.75) is 39.7 Å². The molecule has 1 saturated carbocycles. The van der Waals surface area contributed by atoms with E-state index in [0.717, 1.165) is 12.8 Å². The van der Waals surface area contributed by atoms with E-state index in [0.29, 0.717) is 17.5 Å². The largest absolute Gasteiger partial charge is 0.361 e. The van der Waals surface area contributed by atoms with Crippen molar-refractivity contribution in [1.29, 1.82) is 0 Å². The number of hydrogen-bond donors (Lipinski definition) is 3. The molecule has 0 spiro atoms. The zero-order valence-electron chi connectivity index (χ0n) is 11.9. The third-order valence-electron chi connectivity index (χ3n) is 4.16. The van der Waals surface area contributed by atoms with Crippen molar-refractivity contribution >= 4 is 17.5 Å². The lowest BCUT2D eigenvalue weighted by molar-refractivity contribution is -0.385. The fourth-order valence-corrected chi connectivity index (χ4v) is 2.69. The van der Waals surface area contributed by atoms with Gasteiger partial charge in [0.2, 0.25) is 11.8 Å². The molecule has 0 aliphatic heterocycles. The van der Waals surface area contributed by atoms with Crippen LogP contribution in [0.1, 0.15) is 32.4 Å². The maximum absolute atomic E-state index is 11.2. The molecule has 1 fully saturated rings. The van der Waals surface area contributed by atoms with Crippen LogP contribution >= 0.6 is 0 Å². The highest BCUT2D eigenvalue weighted by Gasteiger charge is 2.32. The van der Waals surface area contributed by atoms with Gasteiger partial charge >= 0.3 is 5.69 Å². The van der Waals surface area contributed by atoms with Gasteiger partial charge in [0, 0.05) is 6.04 Å². The van der Waals surface area contributed by atoms with Crippen LogP contribution in [0.5, 0.6) is 0 Å². The van der Waals surface area contributed by atoms with Crippen molar-refractivity contribution in [3.05, 3.63) is 15.8 Å². The number of nitro groups is 1. The lowest BCUT2D eigenvalue weighted by Gasteiger charge is -2.20. The second-order valence-corrected chi connectivity index (χ2v) is 5.40. The standard InChI is InChI=1S/C12H20N6O2/c1-6-4-5-9(7(6)2)15-11-10(18(19)20)8(3)14-12(16-11)17-13/h6-7,9H,4-5,13H2,1-3H3,(H2,14,15,16,17). The zero-order valence-corrected chi connectivity index (χ0v) is 11.9. The number of nitrogen functional groups attached to an aromatic ring is 1. The number of hydrogen-bond acceptors (Lipinski definition) is 7. The summed E-state index contributed by atoms with van der Waals surface area (Å²) in [6.45, 7) is 5.92. The van der Waals surface area contributed by atoms with Crippen LogP contribution in [0.3, 0.4) is 0 Å². The molecule has 1 aliphatic rings. The summed E-state index contributed by atoms with van der Waals surface area (Å²) in [5, 5.41) is 14.4. The van der Waals surface area contributed by atoms with Gasteiger partial charge in [-0.25, -0.2) is 10.8 Å². The Bertz CT molecular complexity index is 521.